The van der Waals surface area contributed by atoms with Crippen molar-refractivity contribution in [2.45, 2.75) is 29.4 Å². The highest BCUT2D eigenvalue weighted by Gasteiger charge is 2.44. The van der Waals surface area contributed by atoms with Crippen LogP contribution >= 0.6 is 11.8 Å². The molecule has 1 aliphatic heterocycles. The molecule has 2 aromatic heterocycles. The Labute approximate surface area is 118 Å². The minimum Gasteiger partial charge on any atom is -0.394 e. The summed E-state index contributed by atoms with van der Waals surface area (Å²) >= 11 is 1.43. The van der Waals surface area contributed by atoms with Gasteiger partial charge < -0.3 is 20.1 Å². The third kappa shape index (κ3) is 1.98. The molecule has 3 rings (SSSR count). The van der Waals surface area contributed by atoms with E-state index in [2.05, 4.69) is 20.2 Å². The summed E-state index contributed by atoms with van der Waals surface area (Å²) in [5.74, 6) is 0. The average molecular weight is 298 g/mol. The fourth-order valence-electron chi connectivity index (χ4n) is 2.32. The van der Waals surface area contributed by atoms with E-state index < -0.39 is 24.4 Å². The normalized spacial score (nSPS) is 30.2. The molecule has 4 atom stereocenters. The van der Waals surface area contributed by atoms with Crippen molar-refractivity contribution in [1.82, 2.24) is 20.2 Å². The summed E-state index contributed by atoms with van der Waals surface area (Å²) in [7, 11) is 0. The van der Waals surface area contributed by atoms with Crippen molar-refractivity contribution in [2.75, 3.05) is 12.9 Å². The third-order valence-electron chi connectivity index (χ3n) is 3.35. The van der Waals surface area contributed by atoms with Gasteiger partial charge in [-0.2, -0.15) is 5.10 Å². The van der Waals surface area contributed by atoms with Crippen LogP contribution in [0.15, 0.2) is 11.4 Å². The van der Waals surface area contributed by atoms with E-state index in [0.717, 1.165) is 0 Å². The number of nitrogens with zero attached hydrogens (tertiary/aromatic N) is 3. The molecule has 0 amide bonds. The second kappa shape index (κ2) is 5.26. The van der Waals surface area contributed by atoms with Crippen LogP contribution in [0.25, 0.3) is 11.0 Å². The van der Waals surface area contributed by atoms with Gasteiger partial charge in [-0.3, -0.25) is 5.10 Å². The Morgan fingerprint density at radius 1 is 1.30 bits per heavy atom. The molecule has 1 saturated heterocycles. The lowest BCUT2D eigenvalue weighted by Crippen LogP contribution is -2.32. The molecule has 108 valence electrons. The zero-order chi connectivity index (χ0) is 14.3. The lowest BCUT2D eigenvalue weighted by Gasteiger charge is -2.12. The van der Waals surface area contributed by atoms with Gasteiger partial charge in [-0.25, -0.2) is 9.97 Å². The number of H-pyrrole nitrogens is 1. The first-order chi connectivity index (χ1) is 9.67. The Kier molecular flexibility index (Phi) is 3.61. The Hall–Kier alpha value is -1.26. The molecule has 0 unspecified atom stereocenters. The number of hydrogen-bond acceptors (Lipinski definition) is 8. The fraction of sp³-hybridized carbons (Fsp3) is 0.545. The van der Waals surface area contributed by atoms with Crippen LogP contribution in [-0.4, -0.2) is 66.7 Å². The molecule has 0 saturated carbocycles. The van der Waals surface area contributed by atoms with Crippen LogP contribution in [0.1, 0.15) is 11.8 Å². The number of aliphatic hydroxyl groups excluding tert-OH is 3. The molecule has 1 fully saturated rings. The maximum absolute atomic E-state index is 10.0. The first kappa shape index (κ1) is 13.7. The molecule has 0 aliphatic carbocycles. The average Bonchev–Trinajstić information content (AvgIpc) is 3.01. The molecule has 9 heteroatoms. The summed E-state index contributed by atoms with van der Waals surface area (Å²) in [6.07, 6.45) is -0.641. The number of rotatable bonds is 3. The summed E-state index contributed by atoms with van der Waals surface area (Å²) in [5, 5.41) is 36.6. The highest BCUT2D eigenvalue weighted by atomic mass is 32.2. The number of aromatic amines is 1. The maximum atomic E-state index is 10.0. The van der Waals surface area contributed by atoms with E-state index >= 15 is 0 Å². The summed E-state index contributed by atoms with van der Waals surface area (Å²) < 4.78 is 5.47. The van der Waals surface area contributed by atoms with Crippen LogP contribution < -0.4 is 0 Å². The minimum atomic E-state index is -1.15. The summed E-state index contributed by atoms with van der Waals surface area (Å²) in [5.41, 5.74) is 1.60. The van der Waals surface area contributed by atoms with Gasteiger partial charge in [0.2, 0.25) is 0 Å². The number of aliphatic hydroxyl groups is 3. The molecule has 2 aromatic rings. The van der Waals surface area contributed by atoms with Gasteiger partial charge in [0.15, 0.2) is 0 Å². The van der Waals surface area contributed by atoms with Gasteiger partial charge in [0.1, 0.15) is 46.8 Å². The van der Waals surface area contributed by atoms with Crippen molar-refractivity contribution in [3.8, 4) is 0 Å². The first-order valence-electron chi connectivity index (χ1n) is 6.02. The Morgan fingerprint density at radius 2 is 2.10 bits per heavy atom. The van der Waals surface area contributed by atoms with Gasteiger partial charge in [0.25, 0.3) is 0 Å². The number of hydrogen-bond donors (Lipinski definition) is 4. The monoisotopic (exact) mass is 298 g/mol. The van der Waals surface area contributed by atoms with Crippen LogP contribution in [0.4, 0.5) is 0 Å². The number of aromatic nitrogens is 4. The van der Waals surface area contributed by atoms with Gasteiger partial charge in [0, 0.05) is 0 Å². The van der Waals surface area contributed by atoms with Gasteiger partial charge in [-0.15, -0.1) is 11.8 Å². The van der Waals surface area contributed by atoms with Crippen molar-refractivity contribution >= 4 is 22.8 Å². The van der Waals surface area contributed by atoms with Crippen molar-refractivity contribution in [3.63, 3.8) is 0 Å². The molecule has 8 nitrogen and oxygen atoms in total. The van der Waals surface area contributed by atoms with Crippen LogP contribution in [-0.2, 0) is 4.74 Å². The highest BCUT2D eigenvalue weighted by Crippen LogP contribution is 2.36. The first-order valence-corrected chi connectivity index (χ1v) is 7.25. The van der Waals surface area contributed by atoms with Gasteiger partial charge in [-0.1, -0.05) is 0 Å². The van der Waals surface area contributed by atoms with E-state index in [1.54, 1.807) is 0 Å². The van der Waals surface area contributed by atoms with Crippen molar-refractivity contribution in [3.05, 3.63) is 12.0 Å². The van der Waals surface area contributed by atoms with Crippen LogP contribution in [0.5, 0.6) is 0 Å². The molecule has 0 radical (unpaired) electrons. The van der Waals surface area contributed by atoms with E-state index in [-0.39, 0.29) is 6.61 Å². The predicted octanol–water partition coefficient (Wildman–Crippen LogP) is -0.771. The molecule has 0 aromatic carbocycles. The number of thioether (sulfide) groups is 1. The molecule has 0 spiro atoms. The molecule has 20 heavy (non-hydrogen) atoms. The quantitative estimate of drug-likeness (QED) is 0.430. The second-order valence-electron chi connectivity index (χ2n) is 4.48. The topological polar surface area (TPSA) is 124 Å². The lowest BCUT2D eigenvalue weighted by molar-refractivity contribution is -0.0236. The summed E-state index contributed by atoms with van der Waals surface area (Å²) in [6.45, 7) is -0.369. The van der Waals surface area contributed by atoms with Crippen molar-refractivity contribution < 1.29 is 20.1 Å². The van der Waals surface area contributed by atoms with Crippen molar-refractivity contribution in [1.29, 1.82) is 0 Å². The Morgan fingerprint density at radius 3 is 2.75 bits per heavy atom. The molecule has 3 heterocycles. The lowest BCUT2D eigenvalue weighted by atomic mass is 10.1. The largest absolute Gasteiger partial charge is 0.394 e. The van der Waals surface area contributed by atoms with Gasteiger partial charge in [0.05, 0.1) is 12.3 Å². The minimum absolute atomic E-state index is 0.369. The molecule has 1 aliphatic rings. The van der Waals surface area contributed by atoms with E-state index in [0.29, 0.717) is 21.8 Å². The van der Waals surface area contributed by atoms with E-state index in [9.17, 15) is 10.2 Å². The van der Waals surface area contributed by atoms with E-state index in [1.165, 1.54) is 18.1 Å². The molecular formula is C11H14N4O4S. The van der Waals surface area contributed by atoms with E-state index in [1.807, 2.05) is 6.26 Å². The number of ether oxygens (including phenoxy) is 1. The highest BCUT2D eigenvalue weighted by molar-refractivity contribution is 7.98. The summed E-state index contributed by atoms with van der Waals surface area (Å²) in [4.78, 5) is 8.26. The Balaban J connectivity index is 2.03. The zero-order valence-corrected chi connectivity index (χ0v) is 11.4. The predicted molar refractivity (Wildman–Crippen MR) is 70.2 cm³/mol. The smallest absolute Gasteiger partial charge is 0.143 e. The maximum Gasteiger partial charge on any atom is 0.143 e. The van der Waals surface area contributed by atoms with Gasteiger partial charge in [-0.05, 0) is 6.26 Å². The summed E-state index contributed by atoms with van der Waals surface area (Å²) in [6, 6.07) is 0. The van der Waals surface area contributed by atoms with Gasteiger partial charge >= 0.3 is 0 Å². The zero-order valence-electron chi connectivity index (χ0n) is 10.6. The van der Waals surface area contributed by atoms with Crippen LogP contribution in [0, 0.1) is 0 Å². The van der Waals surface area contributed by atoms with E-state index in [4.69, 9.17) is 9.84 Å². The molecule has 0 bridgehead atoms. The van der Waals surface area contributed by atoms with Crippen molar-refractivity contribution in [2.24, 2.45) is 0 Å². The van der Waals surface area contributed by atoms with Crippen LogP contribution in [0.3, 0.4) is 0 Å². The Bertz CT molecular complexity index is 621. The standard InChI is InChI=1S/C11H14N4O4S/c1-20-11-7-5(12-3-13-11)6(14-15-7)10-9(18)8(17)4(2-16)19-10/h3-4,8-10,16-18H,2H2,1H3,(H,14,15)/t4-,8+,9-,10+/m1/s1. The molecular weight excluding hydrogens is 284 g/mol. The SMILES string of the molecule is CSc1ncnc2c([C@@H]3O[C@H](CO)[C@H](O)[C@H]3O)[nH]nc12. The fourth-order valence-corrected chi connectivity index (χ4v) is 2.80. The van der Waals surface area contributed by atoms with Crippen LogP contribution in [0.2, 0.25) is 0 Å². The number of fused-ring (bicyclic) bond motifs is 1. The second-order valence-corrected chi connectivity index (χ2v) is 5.27. The third-order valence-corrected chi connectivity index (χ3v) is 4.04. The number of nitrogens with one attached hydrogen (secondary N) is 1. The molecule has 4 N–H and O–H groups in total.